The summed E-state index contributed by atoms with van der Waals surface area (Å²) < 4.78 is 13.4. The van der Waals surface area contributed by atoms with Crippen molar-refractivity contribution in [2.75, 3.05) is 13.2 Å². The summed E-state index contributed by atoms with van der Waals surface area (Å²) in [5, 5.41) is 3.02. The van der Waals surface area contributed by atoms with Gasteiger partial charge in [0, 0.05) is 37.7 Å². The second-order valence-electron chi connectivity index (χ2n) is 7.16. The van der Waals surface area contributed by atoms with Crippen LogP contribution in [0.2, 0.25) is 0 Å². The average molecular weight is 391 g/mol. The van der Waals surface area contributed by atoms with Gasteiger partial charge in [0.15, 0.2) is 0 Å². The molecule has 2 aromatic carbocycles. The van der Waals surface area contributed by atoms with Gasteiger partial charge in [0.2, 0.25) is 0 Å². The number of imidazole rings is 1. The molecule has 1 unspecified atom stereocenters. The Labute approximate surface area is 170 Å². The molecule has 1 aromatic heterocycles. The molecule has 0 aliphatic carbocycles. The summed E-state index contributed by atoms with van der Waals surface area (Å²) in [6, 6.07) is 15.4. The normalized spacial score (nSPS) is 15.9. The minimum absolute atomic E-state index is 0.120. The van der Waals surface area contributed by atoms with Gasteiger partial charge in [-0.3, -0.25) is 4.79 Å². The summed E-state index contributed by atoms with van der Waals surface area (Å²) >= 11 is 0. The van der Waals surface area contributed by atoms with E-state index >= 15 is 0 Å². The molecule has 0 radical (unpaired) electrons. The number of carbonyl (C=O) groups is 1. The largest absolute Gasteiger partial charge is 0.491 e. The fraction of sp³-hybridized carbons (Fsp3) is 0.304. The Morgan fingerprint density at radius 1 is 1.21 bits per heavy atom. The summed E-state index contributed by atoms with van der Waals surface area (Å²) in [7, 11) is 0. The van der Waals surface area contributed by atoms with Crippen LogP contribution in [0.3, 0.4) is 0 Å². The van der Waals surface area contributed by atoms with Crippen molar-refractivity contribution in [3.63, 3.8) is 0 Å². The highest BCUT2D eigenvalue weighted by atomic mass is 16.5. The predicted octanol–water partition coefficient (Wildman–Crippen LogP) is 3.42. The maximum Gasteiger partial charge on any atom is 0.251 e. The second-order valence-corrected chi connectivity index (χ2v) is 7.16. The zero-order valence-electron chi connectivity index (χ0n) is 16.3. The smallest absolute Gasteiger partial charge is 0.251 e. The Kier molecular flexibility index (Phi) is 6.22. The lowest BCUT2D eigenvalue weighted by Crippen LogP contribution is -2.23. The van der Waals surface area contributed by atoms with E-state index in [0.717, 1.165) is 37.1 Å². The van der Waals surface area contributed by atoms with Crippen molar-refractivity contribution >= 4 is 5.91 Å². The number of carbonyl (C=O) groups excluding carboxylic acids is 1. The Morgan fingerprint density at radius 3 is 2.90 bits per heavy atom. The number of rotatable bonds is 8. The van der Waals surface area contributed by atoms with Crippen molar-refractivity contribution in [1.82, 2.24) is 14.9 Å². The Bertz CT molecular complexity index is 934. The molecule has 3 aromatic rings. The quantitative estimate of drug-likeness (QED) is 0.639. The summed E-state index contributed by atoms with van der Waals surface area (Å²) in [5.41, 5.74) is 2.82. The molecule has 1 amide bonds. The molecular weight excluding hydrogens is 366 g/mol. The van der Waals surface area contributed by atoms with Crippen molar-refractivity contribution in [3.05, 3.63) is 83.9 Å². The van der Waals surface area contributed by atoms with Gasteiger partial charge in [-0.1, -0.05) is 30.3 Å². The summed E-state index contributed by atoms with van der Waals surface area (Å²) in [6.07, 6.45) is 7.74. The van der Waals surface area contributed by atoms with E-state index in [1.54, 1.807) is 24.7 Å². The Morgan fingerprint density at radius 2 is 2.10 bits per heavy atom. The van der Waals surface area contributed by atoms with Gasteiger partial charge < -0.3 is 19.4 Å². The third-order valence-corrected chi connectivity index (χ3v) is 5.03. The Hall–Kier alpha value is -3.12. The highest BCUT2D eigenvalue weighted by Gasteiger charge is 2.16. The molecule has 150 valence electrons. The van der Waals surface area contributed by atoms with Crippen LogP contribution in [0, 0.1) is 0 Å². The van der Waals surface area contributed by atoms with Crippen molar-refractivity contribution in [2.45, 2.75) is 32.0 Å². The summed E-state index contributed by atoms with van der Waals surface area (Å²) in [5.74, 6) is 0.568. The van der Waals surface area contributed by atoms with Crippen LogP contribution in [0.25, 0.3) is 0 Å². The summed E-state index contributed by atoms with van der Waals surface area (Å²) in [4.78, 5) is 16.7. The minimum Gasteiger partial charge on any atom is -0.491 e. The van der Waals surface area contributed by atoms with E-state index in [1.807, 2.05) is 41.1 Å². The first kappa shape index (κ1) is 19.2. The number of hydrogen-bond acceptors (Lipinski definition) is 4. The van der Waals surface area contributed by atoms with Crippen LogP contribution in [0.4, 0.5) is 0 Å². The molecular formula is C23H25N3O3. The molecule has 29 heavy (non-hydrogen) atoms. The Balaban J connectivity index is 1.35. The predicted molar refractivity (Wildman–Crippen MR) is 110 cm³/mol. The van der Waals surface area contributed by atoms with Crippen molar-refractivity contribution in [2.24, 2.45) is 0 Å². The van der Waals surface area contributed by atoms with Crippen LogP contribution in [0.5, 0.6) is 5.75 Å². The molecule has 1 N–H and O–H groups in total. The monoisotopic (exact) mass is 391 g/mol. The highest BCUT2D eigenvalue weighted by molar-refractivity contribution is 5.94. The fourth-order valence-electron chi connectivity index (χ4n) is 3.43. The third-order valence-electron chi connectivity index (χ3n) is 5.03. The van der Waals surface area contributed by atoms with Gasteiger partial charge in [-0.25, -0.2) is 4.98 Å². The lowest BCUT2D eigenvalue weighted by molar-refractivity contribution is 0.0679. The van der Waals surface area contributed by atoms with E-state index in [4.69, 9.17) is 9.47 Å². The summed E-state index contributed by atoms with van der Waals surface area (Å²) in [6.45, 7) is 2.51. The molecule has 0 saturated carbocycles. The van der Waals surface area contributed by atoms with Crippen LogP contribution in [-0.2, 0) is 17.8 Å². The molecule has 0 bridgehead atoms. The zero-order chi connectivity index (χ0) is 19.9. The van der Waals surface area contributed by atoms with Gasteiger partial charge in [-0.2, -0.15) is 0 Å². The van der Waals surface area contributed by atoms with Gasteiger partial charge in [0.05, 0.1) is 12.4 Å². The molecule has 0 spiro atoms. The maximum atomic E-state index is 12.7. The minimum atomic E-state index is -0.120. The van der Waals surface area contributed by atoms with E-state index in [0.29, 0.717) is 24.5 Å². The number of aromatic nitrogens is 2. The van der Waals surface area contributed by atoms with Crippen molar-refractivity contribution in [3.8, 4) is 5.75 Å². The average Bonchev–Trinajstić information content (AvgIpc) is 3.46. The van der Waals surface area contributed by atoms with Gasteiger partial charge in [0.1, 0.15) is 12.4 Å². The van der Waals surface area contributed by atoms with Crippen LogP contribution < -0.4 is 10.1 Å². The molecule has 1 atom stereocenters. The molecule has 4 rings (SSSR count). The van der Waals surface area contributed by atoms with E-state index in [2.05, 4.69) is 16.4 Å². The van der Waals surface area contributed by atoms with Crippen LogP contribution in [0.1, 0.15) is 34.3 Å². The van der Waals surface area contributed by atoms with Gasteiger partial charge >= 0.3 is 0 Å². The molecule has 1 saturated heterocycles. The van der Waals surface area contributed by atoms with E-state index in [1.165, 1.54) is 0 Å². The van der Waals surface area contributed by atoms with Crippen molar-refractivity contribution in [1.29, 1.82) is 0 Å². The number of ether oxygens (including phenoxy) is 2. The lowest BCUT2D eigenvalue weighted by Gasteiger charge is -2.13. The topological polar surface area (TPSA) is 65.4 Å². The molecule has 1 aliphatic heterocycles. The van der Waals surface area contributed by atoms with E-state index in [-0.39, 0.29) is 12.0 Å². The molecule has 2 heterocycles. The second kappa shape index (κ2) is 9.39. The van der Waals surface area contributed by atoms with Crippen LogP contribution in [0.15, 0.2) is 67.3 Å². The number of hydrogen-bond donors (Lipinski definition) is 1. The lowest BCUT2D eigenvalue weighted by atomic mass is 10.1. The molecule has 1 aliphatic rings. The molecule has 1 fully saturated rings. The first-order valence-corrected chi connectivity index (χ1v) is 9.93. The fourth-order valence-corrected chi connectivity index (χ4v) is 3.43. The first-order chi connectivity index (χ1) is 14.3. The number of amides is 1. The van der Waals surface area contributed by atoms with E-state index < -0.39 is 0 Å². The van der Waals surface area contributed by atoms with Gasteiger partial charge in [-0.15, -0.1) is 0 Å². The molecule has 6 nitrogen and oxygen atoms in total. The number of nitrogens with one attached hydrogen (secondary N) is 1. The maximum absolute atomic E-state index is 12.7. The van der Waals surface area contributed by atoms with Crippen molar-refractivity contribution < 1.29 is 14.3 Å². The van der Waals surface area contributed by atoms with Crippen LogP contribution >= 0.6 is 0 Å². The highest BCUT2D eigenvalue weighted by Crippen LogP contribution is 2.18. The van der Waals surface area contributed by atoms with Gasteiger partial charge in [-0.05, 0) is 42.2 Å². The molecule has 6 heteroatoms. The number of nitrogens with zero attached hydrogens (tertiary/aromatic N) is 2. The SMILES string of the molecule is O=C(NCc1ccccc1Cn1ccnc1)c1cccc(OCC2CCCO2)c1. The number of benzene rings is 2. The van der Waals surface area contributed by atoms with Crippen LogP contribution in [-0.4, -0.2) is 34.8 Å². The third kappa shape index (κ3) is 5.23. The zero-order valence-corrected chi connectivity index (χ0v) is 16.3. The van der Waals surface area contributed by atoms with E-state index in [9.17, 15) is 4.79 Å². The standard InChI is InChI=1S/C23H25N3O3/c27-23(18-7-3-8-21(13-18)29-16-22-9-4-12-28-22)25-14-19-5-1-2-6-20(19)15-26-11-10-24-17-26/h1-3,5-8,10-11,13,17,22H,4,9,12,14-16H2,(H,25,27). The van der Waals surface area contributed by atoms with Gasteiger partial charge in [0.25, 0.3) is 5.91 Å². The first-order valence-electron chi connectivity index (χ1n) is 9.93.